The summed E-state index contributed by atoms with van der Waals surface area (Å²) in [6.45, 7) is 1.79. The zero-order valence-corrected chi connectivity index (χ0v) is 10.5. The van der Waals surface area contributed by atoms with E-state index in [1.54, 1.807) is 25.1 Å². The topological polar surface area (TPSA) is 101 Å². The van der Waals surface area contributed by atoms with Crippen LogP contribution in [0.2, 0.25) is 0 Å². The number of aryl methyl sites for hydroxylation is 1. The molecule has 0 saturated carbocycles. The zero-order valence-electron chi connectivity index (χ0n) is 10.5. The molecular formula is C13H15N3O3. The van der Waals surface area contributed by atoms with Crippen molar-refractivity contribution in [3.8, 4) is 0 Å². The standard InChI is InChI=1S/C13H15N3O3/c1-7-2-3-8(14)6-9(7)12(18)15-10-4-5-11(17)16-13(10)19/h2-3,6,10H,4-5,14H2,1H3,(H,15,18)(H,16,17,19). The molecule has 0 aliphatic carbocycles. The van der Waals surface area contributed by atoms with Crippen LogP contribution in [-0.2, 0) is 9.59 Å². The third-order valence-electron chi connectivity index (χ3n) is 3.05. The Morgan fingerprint density at radius 2 is 2.16 bits per heavy atom. The van der Waals surface area contributed by atoms with Gasteiger partial charge in [0.1, 0.15) is 6.04 Å². The Hall–Kier alpha value is -2.37. The van der Waals surface area contributed by atoms with E-state index in [0.29, 0.717) is 17.7 Å². The zero-order chi connectivity index (χ0) is 14.0. The number of anilines is 1. The van der Waals surface area contributed by atoms with Gasteiger partial charge in [0.15, 0.2) is 0 Å². The maximum atomic E-state index is 12.1. The Kier molecular flexibility index (Phi) is 3.50. The van der Waals surface area contributed by atoms with Crippen LogP contribution in [0.25, 0.3) is 0 Å². The Labute approximate surface area is 110 Å². The van der Waals surface area contributed by atoms with Crippen LogP contribution in [0.15, 0.2) is 18.2 Å². The lowest BCUT2D eigenvalue weighted by atomic mass is 10.0. The number of rotatable bonds is 2. The highest BCUT2D eigenvalue weighted by atomic mass is 16.2. The van der Waals surface area contributed by atoms with Crippen molar-refractivity contribution >= 4 is 23.4 Å². The fourth-order valence-electron chi connectivity index (χ4n) is 1.95. The van der Waals surface area contributed by atoms with Gasteiger partial charge in [0.05, 0.1) is 0 Å². The molecule has 19 heavy (non-hydrogen) atoms. The average Bonchev–Trinajstić information content (AvgIpc) is 2.35. The van der Waals surface area contributed by atoms with Crippen LogP contribution in [0.1, 0.15) is 28.8 Å². The van der Waals surface area contributed by atoms with Gasteiger partial charge in [0.25, 0.3) is 5.91 Å². The van der Waals surface area contributed by atoms with Crippen molar-refractivity contribution < 1.29 is 14.4 Å². The SMILES string of the molecule is Cc1ccc(N)cc1C(=O)NC1CCC(=O)NC1=O. The van der Waals surface area contributed by atoms with Gasteiger partial charge in [-0.15, -0.1) is 0 Å². The molecular weight excluding hydrogens is 246 g/mol. The van der Waals surface area contributed by atoms with Gasteiger partial charge in [-0.2, -0.15) is 0 Å². The summed E-state index contributed by atoms with van der Waals surface area (Å²) in [5.74, 6) is -1.14. The highest BCUT2D eigenvalue weighted by Crippen LogP contribution is 2.13. The number of nitrogens with one attached hydrogen (secondary N) is 2. The molecule has 1 fully saturated rings. The predicted octanol–water partition coefficient (Wildman–Crippen LogP) is 0.112. The van der Waals surface area contributed by atoms with E-state index in [0.717, 1.165) is 5.56 Å². The summed E-state index contributed by atoms with van der Waals surface area (Å²) >= 11 is 0. The number of carbonyl (C=O) groups excluding carboxylic acids is 3. The smallest absolute Gasteiger partial charge is 0.252 e. The predicted molar refractivity (Wildman–Crippen MR) is 69.2 cm³/mol. The summed E-state index contributed by atoms with van der Waals surface area (Å²) in [4.78, 5) is 34.6. The Morgan fingerprint density at radius 1 is 1.42 bits per heavy atom. The van der Waals surface area contributed by atoms with Crippen molar-refractivity contribution in [1.82, 2.24) is 10.6 Å². The van der Waals surface area contributed by atoms with E-state index in [9.17, 15) is 14.4 Å². The molecule has 1 aliphatic heterocycles. The van der Waals surface area contributed by atoms with E-state index in [4.69, 9.17) is 5.73 Å². The second-order valence-electron chi connectivity index (χ2n) is 4.55. The number of nitrogen functional groups attached to an aromatic ring is 1. The van der Waals surface area contributed by atoms with Crippen molar-refractivity contribution in [2.24, 2.45) is 0 Å². The van der Waals surface area contributed by atoms with Gasteiger partial charge >= 0.3 is 0 Å². The van der Waals surface area contributed by atoms with Crippen LogP contribution >= 0.6 is 0 Å². The summed E-state index contributed by atoms with van der Waals surface area (Å²) in [7, 11) is 0. The highest BCUT2D eigenvalue weighted by molar-refractivity contribution is 6.04. The van der Waals surface area contributed by atoms with Crippen molar-refractivity contribution in [2.75, 3.05) is 5.73 Å². The number of amides is 3. The second kappa shape index (κ2) is 5.09. The molecule has 1 aromatic rings. The van der Waals surface area contributed by atoms with E-state index >= 15 is 0 Å². The first-order chi connectivity index (χ1) is 8.97. The largest absolute Gasteiger partial charge is 0.399 e. The number of hydrogen-bond acceptors (Lipinski definition) is 4. The minimum atomic E-state index is -0.675. The molecule has 1 aromatic carbocycles. The van der Waals surface area contributed by atoms with Gasteiger partial charge in [0, 0.05) is 17.7 Å². The summed E-state index contributed by atoms with van der Waals surface area (Å²) in [5, 5.41) is 4.81. The summed E-state index contributed by atoms with van der Waals surface area (Å²) in [6.07, 6.45) is 0.546. The Bertz CT molecular complexity index is 554. The Balaban J connectivity index is 2.11. The molecule has 1 unspecified atom stereocenters. The van der Waals surface area contributed by atoms with E-state index in [2.05, 4.69) is 10.6 Å². The van der Waals surface area contributed by atoms with Gasteiger partial charge < -0.3 is 11.1 Å². The van der Waals surface area contributed by atoms with Crippen LogP contribution in [0.5, 0.6) is 0 Å². The monoisotopic (exact) mass is 261 g/mol. The molecule has 1 saturated heterocycles. The third kappa shape index (κ3) is 2.90. The number of benzene rings is 1. The maximum Gasteiger partial charge on any atom is 0.252 e. The summed E-state index contributed by atoms with van der Waals surface area (Å²) in [6, 6.07) is 4.34. The molecule has 1 aliphatic rings. The number of hydrogen-bond donors (Lipinski definition) is 3. The van der Waals surface area contributed by atoms with Crippen LogP contribution in [-0.4, -0.2) is 23.8 Å². The van der Waals surface area contributed by atoms with Gasteiger partial charge in [-0.1, -0.05) is 6.07 Å². The number of imide groups is 1. The van der Waals surface area contributed by atoms with E-state index in [-0.39, 0.29) is 18.2 Å². The molecule has 6 nitrogen and oxygen atoms in total. The molecule has 1 atom stereocenters. The molecule has 0 bridgehead atoms. The van der Waals surface area contributed by atoms with Crippen LogP contribution < -0.4 is 16.4 Å². The van der Waals surface area contributed by atoms with Gasteiger partial charge in [-0.25, -0.2) is 0 Å². The first-order valence-corrected chi connectivity index (χ1v) is 5.98. The molecule has 1 heterocycles. The summed E-state index contributed by atoms with van der Waals surface area (Å²) in [5.41, 5.74) is 7.34. The minimum Gasteiger partial charge on any atom is -0.399 e. The molecule has 0 spiro atoms. The lowest BCUT2D eigenvalue weighted by Gasteiger charge is -2.22. The number of nitrogens with two attached hydrogens (primary N) is 1. The molecule has 3 amide bonds. The fraction of sp³-hybridized carbons (Fsp3) is 0.308. The number of piperidine rings is 1. The van der Waals surface area contributed by atoms with E-state index in [1.165, 1.54) is 0 Å². The normalized spacial score (nSPS) is 18.9. The van der Waals surface area contributed by atoms with Crippen LogP contribution in [0.3, 0.4) is 0 Å². The van der Waals surface area contributed by atoms with Crippen molar-refractivity contribution in [1.29, 1.82) is 0 Å². The van der Waals surface area contributed by atoms with Crippen molar-refractivity contribution in [3.63, 3.8) is 0 Å². The Morgan fingerprint density at radius 3 is 2.84 bits per heavy atom. The highest BCUT2D eigenvalue weighted by Gasteiger charge is 2.28. The van der Waals surface area contributed by atoms with E-state index < -0.39 is 11.9 Å². The van der Waals surface area contributed by atoms with Crippen LogP contribution in [0, 0.1) is 6.92 Å². The quantitative estimate of drug-likeness (QED) is 0.519. The first-order valence-electron chi connectivity index (χ1n) is 5.98. The van der Waals surface area contributed by atoms with E-state index in [1.807, 2.05) is 0 Å². The second-order valence-corrected chi connectivity index (χ2v) is 4.55. The molecule has 0 radical (unpaired) electrons. The van der Waals surface area contributed by atoms with Gasteiger partial charge in [-0.05, 0) is 31.0 Å². The van der Waals surface area contributed by atoms with Gasteiger partial charge in [-0.3, -0.25) is 19.7 Å². The molecule has 2 rings (SSSR count). The van der Waals surface area contributed by atoms with Crippen LogP contribution in [0.4, 0.5) is 5.69 Å². The summed E-state index contributed by atoms with van der Waals surface area (Å²) < 4.78 is 0. The molecule has 4 N–H and O–H groups in total. The minimum absolute atomic E-state index is 0.229. The van der Waals surface area contributed by atoms with Crippen molar-refractivity contribution in [2.45, 2.75) is 25.8 Å². The molecule has 0 aromatic heterocycles. The lowest BCUT2D eigenvalue weighted by Crippen LogP contribution is -2.52. The maximum absolute atomic E-state index is 12.1. The average molecular weight is 261 g/mol. The first kappa shape index (κ1) is 13.1. The lowest BCUT2D eigenvalue weighted by molar-refractivity contribution is -0.134. The fourth-order valence-corrected chi connectivity index (χ4v) is 1.95. The molecule has 100 valence electrons. The van der Waals surface area contributed by atoms with Crippen molar-refractivity contribution in [3.05, 3.63) is 29.3 Å². The number of carbonyl (C=O) groups is 3. The third-order valence-corrected chi connectivity index (χ3v) is 3.05. The van der Waals surface area contributed by atoms with Gasteiger partial charge in [0.2, 0.25) is 11.8 Å². The molecule has 6 heteroatoms.